The number of benzene rings is 2. The summed E-state index contributed by atoms with van der Waals surface area (Å²) in [6, 6.07) is 14.7. The van der Waals surface area contributed by atoms with Gasteiger partial charge in [-0.15, -0.1) is 0 Å². The van der Waals surface area contributed by atoms with Gasteiger partial charge in [0.2, 0.25) is 0 Å². The second-order valence-electron chi connectivity index (χ2n) is 8.14. The molecule has 3 heterocycles. The minimum atomic E-state index is 0.194. The number of hydrogen-bond donors (Lipinski definition) is 0. The molecule has 0 amide bonds. The Labute approximate surface area is 206 Å². The quantitative estimate of drug-likeness (QED) is 0.254. The molecule has 164 valence electrons. The Hall–Kier alpha value is -2.88. The van der Waals surface area contributed by atoms with Gasteiger partial charge >= 0.3 is 207 Å². The van der Waals surface area contributed by atoms with E-state index in [1.165, 1.54) is 5.56 Å². The van der Waals surface area contributed by atoms with E-state index in [1.807, 2.05) is 6.07 Å². The van der Waals surface area contributed by atoms with Crippen LogP contribution in [0, 0.1) is 6.92 Å². The van der Waals surface area contributed by atoms with E-state index in [0.717, 1.165) is 57.7 Å². The summed E-state index contributed by atoms with van der Waals surface area (Å²) in [5.74, 6) is 1.02. The van der Waals surface area contributed by atoms with Gasteiger partial charge in [0.25, 0.3) is 0 Å². The van der Waals surface area contributed by atoms with Gasteiger partial charge in [-0.05, 0) is 0 Å². The fourth-order valence-electron chi connectivity index (χ4n) is 4.09. The van der Waals surface area contributed by atoms with Crippen LogP contribution in [-0.4, -0.2) is 48.9 Å². The third-order valence-corrected chi connectivity index (χ3v) is 7.00. The average Bonchev–Trinajstić information content (AvgIpc) is 3.19. The predicted octanol–water partition coefficient (Wildman–Crippen LogP) is 5.66. The van der Waals surface area contributed by atoms with Gasteiger partial charge in [-0.2, -0.15) is 0 Å². The molecule has 0 bridgehead atoms. The van der Waals surface area contributed by atoms with Gasteiger partial charge < -0.3 is 0 Å². The molecule has 0 spiro atoms. The van der Waals surface area contributed by atoms with Crippen LogP contribution in [-0.2, 0) is 6.42 Å². The molecule has 0 saturated heterocycles. The molecule has 0 aliphatic carbocycles. The number of aromatic nitrogens is 2. The number of furan rings is 1. The van der Waals surface area contributed by atoms with Crippen molar-refractivity contribution in [2.75, 3.05) is 6.54 Å². The van der Waals surface area contributed by atoms with Gasteiger partial charge in [-0.1, -0.05) is 0 Å². The molecule has 2 aromatic carbocycles. The molecule has 2 aromatic heterocycles. The number of aryl methyl sites for hydroxylation is 1. The van der Waals surface area contributed by atoms with E-state index in [9.17, 15) is 0 Å². The predicted molar refractivity (Wildman–Crippen MR) is 134 cm³/mol. The number of rotatable bonds is 5. The van der Waals surface area contributed by atoms with Gasteiger partial charge in [-0.25, -0.2) is 0 Å². The zero-order valence-electron chi connectivity index (χ0n) is 18.4. The molecule has 0 fully saturated rings. The first kappa shape index (κ1) is 21.9. The molecular formula is C26H22AsClN4O. The van der Waals surface area contributed by atoms with Crippen LogP contribution in [0.15, 0.2) is 76.6 Å². The van der Waals surface area contributed by atoms with Crippen molar-refractivity contribution in [2.24, 2.45) is 4.99 Å². The van der Waals surface area contributed by atoms with E-state index in [1.54, 1.807) is 18.7 Å². The summed E-state index contributed by atoms with van der Waals surface area (Å²) in [4.78, 5) is 15.6. The second-order valence-corrected chi connectivity index (χ2v) is 9.59. The zero-order chi connectivity index (χ0) is 22.9. The summed E-state index contributed by atoms with van der Waals surface area (Å²) in [5.41, 5.74) is 7.46. The Morgan fingerprint density at radius 1 is 1.03 bits per heavy atom. The summed E-state index contributed by atoms with van der Waals surface area (Å²) in [6.45, 7) is 5.02. The molecule has 1 unspecified atom stereocenters. The van der Waals surface area contributed by atoms with E-state index in [0.29, 0.717) is 0 Å². The van der Waals surface area contributed by atoms with Crippen LogP contribution in [0.3, 0.4) is 0 Å². The molecule has 4 aromatic rings. The van der Waals surface area contributed by atoms with Crippen molar-refractivity contribution >= 4 is 51.0 Å². The van der Waals surface area contributed by atoms with Crippen molar-refractivity contribution in [1.29, 1.82) is 0 Å². The van der Waals surface area contributed by atoms with Gasteiger partial charge in [0, 0.05) is 0 Å². The summed E-state index contributed by atoms with van der Waals surface area (Å²) >= 11 is 8.58. The van der Waals surface area contributed by atoms with Crippen LogP contribution >= 0.6 is 11.6 Å². The van der Waals surface area contributed by atoms with E-state index in [4.69, 9.17) is 21.0 Å². The number of hydrogen-bond acceptors (Lipinski definition) is 5. The Morgan fingerprint density at radius 2 is 1.85 bits per heavy atom. The Balaban J connectivity index is 1.31. The van der Waals surface area contributed by atoms with E-state index in [2.05, 4.69) is 88.0 Å². The fourth-order valence-corrected chi connectivity index (χ4v) is 5.07. The van der Waals surface area contributed by atoms with Crippen molar-refractivity contribution in [1.82, 2.24) is 14.9 Å². The Morgan fingerprint density at radius 3 is 2.64 bits per heavy atom. The van der Waals surface area contributed by atoms with Crippen molar-refractivity contribution < 1.29 is 4.42 Å². The van der Waals surface area contributed by atoms with Gasteiger partial charge in [0.15, 0.2) is 0 Å². The van der Waals surface area contributed by atoms with Crippen LogP contribution in [0.1, 0.15) is 23.6 Å². The molecule has 2 radical (unpaired) electrons. The summed E-state index contributed by atoms with van der Waals surface area (Å²) < 4.78 is 5.59. The molecule has 0 saturated carbocycles. The fraction of sp³-hybridized carbons (Fsp3) is 0.192. The first-order chi connectivity index (χ1) is 16.0. The number of halogens is 1. The van der Waals surface area contributed by atoms with Crippen molar-refractivity contribution in [2.45, 2.75) is 25.1 Å². The first-order valence-electron chi connectivity index (χ1n) is 10.7. The number of aliphatic imine (C=N–C) groups is 1. The summed E-state index contributed by atoms with van der Waals surface area (Å²) in [5, 5.41) is 1.39. The van der Waals surface area contributed by atoms with Crippen LogP contribution in [0.5, 0.6) is 0 Å². The summed E-state index contributed by atoms with van der Waals surface area (Å²) in [6.07, 6.45) is 8.43. The number of fused-ring (bicyclic) bond motifs is 1. The topological polar surface area (TPSA) is 54.5 Å². The first-order valence-corrected chi connectivity index (χ1v) is 12.2. The third kappa shape index (κ3) is 4.61. The normalized spacial score (nSPS) is 16.1. The molecule has 0 N–H and O–H groups in total. The van der Waals surface area contributed by atoms with Gasteiger partial charge in [0.05, 0.1) is 0 Å². The summed E-state index contributed by atoms with van der Waals surface area (Å²) in [7, 11) is 0. The standard InChI is InChI=1S/C26H22AsClN4O/c1-16-15-33-24-7-6-20(11-22(16)24)23-12-25(27)32(17(2)31-23)9-8-18-4-3-5-19(10-18)21-13-29-26(28)30-14-21/h3-7,10-15,25H,8-9H2,1-2H3. The monoisotopic (exact) mass is 516 g/mol. The minimum absolute atomic E-state index is 0.194. The van der Waals surface area contributed by atoms with Crippen LogP contribution in [0.2, 0.25) is 5.28 Å². The van der Waals surface area contributed by atoms with Crippen LogP contribution in [0.25, 0.3) is 27.8 Å². The van der Waals surface area contributed by atoms with Crippen LogP contribution < -0.4 is 0 Å². The third-order valence-electron chi connectivity index (χ3n) is 5.91. The molecule has 5 nitrogen and oxygen atoms in total. The Bertz CT molecular complexity index is 1380. The van der Waals surface area contributed by atoms with Crippen molar-refractivity contribution in [3.63, 3.8) is 0 Å². The molecule has 7 heteroatoms. The molecule has 33 heavy (non-hydrogen) atoms. The van der Waals surface area contributed by atoms with Crippen molar-refractivity contribution in [3.8, 4) is 11.1 Å². The molecule has 1 aliphatic heterocycles. The Kier molecular flexibility index (Phi) is 6.09. The van der Waals surface area contributed by atoms with Crippen molar-refractivity contribution in [3.05, 3.63) is 89.2 Å². The molecule has 1 aliphatic rings. The molecule has 1 atom stereocenters. The van der Waals surface area contributed by atoms with E-state index >= 15 is 0 Å². The molecular weight excluding hydrogens is 495 g/mol. The maximum atomic E-state index is 5.82. The van der Waals surface area contributed by atoms with Gasteiger partial charge in [0.1, 0.15) is 0 Å². The van der Waals surface area contributed by atoms with Gasteiger partial charge in [-0.3, -0.25) is 0 Å². The number of nitrogens with zero attached hydrogens (tertiary/aromatic N) is 4. The zero-order valence-corrected chi connectivity index (χ0v) is 21.0. The SMILES string of the molecule is CC1=NC(c2ccc3occ(C)c3c2)=CC([As])N1CCc1cccc(-c2cnc(Cl)nc2)c1. The average molecular weight is 517 g/mol. The second kappa shape index (κ2) is 9.17. The van der Waals surface area contributed by atoms with E-state index in [-0.39, 0.29) is 10.1 Å². The molecule has 5 rings (SSSR count). The maximum absolute atomic E-state index is 5.82. The van der Waals surface area contributed by atoms with Crippen LogP contribution in [0.4, 0.5) is 0 Å². The van der Waals surface area contributed by atoms with E-state index < -0.39 is 0 Å². The number of amidine groups is 1.